The van der Waals surface area contributed by atoms with Crippen molar-refractivity contribution in [3.8, 4) is 0 Å². The molecule has 3 rings (SSSR count). The van der Waals surface area contributed by atoms with Crippen LogP contribution in [0.1, 0.15) is 33.1 Å². The molecule has 0 N–H and O–H groups in total. The molecule has 2 amide bonds. The number of anilines is 1. The fourth-order valence-corrected chi connectivity index (χ4v) is 3.74. The molecule has 25 heavy (non-hydrogen) atoms. The summed E-state index contributed by atoms with van der Waals surface area (Å²) in [5.74, 6) is -0.0730. The minimum atomic E-state index is -0.306. The average molecular weight is 347 g/mol. The molecule has 0 bridgehead atoms. The number of likely N-dealkylation sites (tertiary alicyclic amines) is 1. The van der Waals surface area contributed by atoms with Crippen molar-refractivity contribution in [1.29, 1.82) is 0 Å². The molecule has 136 valence electrons. The first-order valence-corrected chi connectivity index (χ1v) is 9.11. The first-order valence-electron chi connectivity index (χ1n) is 9.11. The second kappa shape index (κ2) is 7.42. The Kier molecular flexibility index (Phi) is 5.25. The SMILES string of the molecule is CC[C@@H](C)N1C(=O)CC[C@@H]1C(=O)N1CCN(c2ccc(F)cc2)CC1. The Balaban J connectivity index is 1.61. The van der Waals surface area contributed by atoms with Crippen LogP contribution < -0.4 is 4.90 Å². The summed E-state index contributed by atoms with van der Waals surface area (Å²) >= 11 is 0. The molecule has 1 aromatic rings. The maximum atomic E-state index is 13.1. The quantitative estimate of drug-likeness (QED) is 0.839. The van der Waals surface area contributed by atoms with Crippen LogP contribution in [-0.2, 0) is 9.59 Å². The Morgan fingerprint density at radius 2 is 1.84 bits per heavy atom. The number of rotatable bonds is 4. The fraction of sp³-hybridized carbons (Fsp3) is 0.579. The van der Waals surface area contributed by atoms with Gasteiger partial charge in [0.25, 0.3) is 0 Å². The number of benzene rings is 1. The third kappa shape index (κ3) is 3.62. The van der Waals surface area contributed by atoms with Crippen LogP contribution in [-0.4, -0.2) is 59.9 Å². The highest BCUT2D eigenvalue weighted by Crippen LogP contribution is 2.25. The van der Waals surface area contributed by atoms with Gasteiger partial charge in [0.05, 0.1) is 0 Å². The number of piperazine rings is 1. The van der Waals surface area contributed by atoms with Gasteiger partial charge in [-0.2, -0.15) is 0 Å². The maximum Gasteiger partial charge on any atom is 0.245 e. The summed E-state index contributed by atoms with van der Waals surface area (Å²) in [6.45, 7) is 6.77. The van der Waals surface area contributed by atoms with Gasteiger partial charge >= 0.3 is 0 Å². The van der Waals surface area contributed by atoms with E-state index in [9.17, 15) is 14.0 Å². The van der Waals surface area contributed by atoms with E-state index in [0.717, 1.165) is 25.2 Å². The molecule has 0 radical (unpaired) electrons. The van der Waals surface area contributed by atoms with Crippen molar-refractivity contribution in [2.75, 3.05) is 31.1 Å². The van der Waals surface area contributed by atoms with Crippen LogP contribution in [0.3, 0.4) is 0 Å². The van der Waals surface area contributed by atoms with Crippen LogP contribution in [0, 0.1) is 5.82 Å². The van der Waals surface area contributed by atoms with Crippen molar-refractivity contribution in [2.45, 2.75) is 45.2 Å². The van der Waals surface area contributed by atoms with Crippen LogP contribution in [0.4, 0.5) is 10.1 Å². The summed E-state index contributed by atoms with van der Waals surface area (Å²) < 4.78 is 13.1. The first-order chi connectivity index (χ1) is 12.0. The van der Waals surface area contributed by atoms with Gasteiger partial charge in [-0.15, -0.1) is 0 Å². The molecule has 2 atom stereocenters. The van der Waals surface area contributed by atoms with Gasteiger partial charge in [-0.1, -0.05) is 6.92 Å². The lowest BCUT2D eigenvalue weighted by atomic mass is 10.1. The fourth-order valence-electron chi connectivity index (χ4n) is 3.74. The number of nitrogens with zero attached hydrogens (tertiary/aromatic N) is 3. The molecular weight excluding hydrogens is 321 g/mol. The lowest BCUT2D eigenvalue weighted by Crippen LogP contribution is -2.55. The van der Waals surface area contributed by atoms with Crippen molar-refractivity contribution in [1.82, 2.24) is 9.80 Å². The normalized spacial score (nSPS) is 22.4. The van der Waals surface area contributed by atoms with Crippen molar-refractivity contribution in [3.05, 3.63) is 30.1 Å². The molecule has 2 heterocycles. The van der Waals surface area contributed by atoms with Crippen LogP contribution in [0.25, 0.3) is 0 Å². The second-order valence-electron chi connectivity index (χ2n) is 6.90. The summed E-state index contributed by atoms with van der Waals surface area (Å²) in [5.41, 5.74) is 0.978. The Morgan fingerprint density at radius 1 is 1.20 bits per heavy atom. The predicted molar refractivity (Wildman–Crippen MR) is 94.8 cm³/mol. The monoisotopic (exact) mass is 347 g/mol. The molecule has 2 aliphatic heterocycles. The van der Waals surface area contributed by atoms with Gasteiger partial charge < -0.3 is 14.7 Å². The molecule has 5 nitrogen and oxygen atoms in total. The zero-order chi connectivity index (χ0) is 18.0. The molecule has 0 aliphatic carbocycles. The summed E-state index contributed by atoms with van der Waals surface area (Å²) in [6.07, 6.45) is 1.95. The lowest BCUT2D eigenvalue weighted by molar-refractivity contribution is -0.143. The number of carbonyl (C=O) groups excluding carboxylic acids is 2. The van der Waals surface area contributed by atoms with Crippen LogP contribution in [0.15, 0.2) is 24.3 Å². The third-order valence-corrected chi connectivity index (χ3v) is 5.39. The summed E-state index contributed by atoms with van der Waals surface area (Å²) in [5, 5.41) is 0. The number of hydrogen-bond donors (Lipinski definition) is 0. The smallest absolute Gasteiger partial charge is 0.245 e. The van der Waals surface area contributed by atoms with Gasteiger partial charge in [0.2, 0.25) is 11.8 Å². The summed E-state index contributed by atoms with van der Waals surface area (Å²) in [4.78, 5) is 30.9. The summed E-state index contributed by atoms with van der Waals surface area (Å²) in [6, 6.07) is 6.26. The van der Waals surface area contributed by atoms with Crippen LogP contribution in [0.2, 0.25) is 0 Å². The highest BCUT2D eigenvalue weighted by molar-refractivity contribution is 5.91. The topological polar surface area (TPSA) is 43.9 Å². The molecule has 0 unspecified atom stereocenters. The predicted octanol–water partition coefficient (Wildman–Crippen LogP) is 2.26. The third-order valence-electron chi connectivity index (χ3n) is 5.39. The minimum absolute atomic E-state index is 0.0740. The lowest BCUT2D eigenvalue weighted by Gasteiger charge is -2.39. The van der Waals surface area contributed by atoms with E-state index in [4.69, 9.17) is 0 Å². The highest BCUT2D eigenvalue weighted by Gasteiger charge is 2.40. The second-order valence-corrected chi connectivity index (χ2v) is 6.90. The molecule has 0 spiro atoms. The number of amides is 2. The van der Waals surface area contributed by atoms with Crippen LogP contribution in [0.5, 0.6) is 0 Å². The van der Waals surface area contributed by atoms with Gasteiger partial charge in [-0.25, -0.2) is 4.39 Å². The number of hydrogen-bond acceptors (Lipinski definition) is 3. The van der Waals surface area contributed by atoms with E-state index in [0.29, 0.717) is 25.9 Å². The average Bonchev–Trinajstić information content (AvgIpc) is 3.03. The standard InChI is InChI=1S/C19H26FN3O2/c1-3-14(2)23-17(8-9-18(23)24)19(25)22-12-10-21(11-13-22)16-6-4-15(20)5-7-16/h4-7,14,17H,3,8-13H2,1-2H3/t14-,17-/m1/s1. The van der Waals surface area contributed by atoms with Crippen molar-refractivity contribution in [2.24, 2.45) is 0 Å². The van der Waals surface area contributed by atoms with Gasteiger partial charge in [-0.3, -0.25) is 9.59 Å². The van der Waals surface area contributed by atoms with E-state index in [2.05, 4.69) is 4.90 Å². The van der Waals surface area contributed by atoms with Crippen molar-refractivity contribution in [3.63, 3.8) is 0 Å². The molecule has 2 aliphatic rings. The largest absolute Gasteiger partial charge is 0.368 e. The van der Waals surface area contributed by atoms with Gasteiger partial charge in [0, 0.05) is 44.3 Å². The summed E-state index contributed by atoms with van der Waals surface area (Å²) in [7, 11) is 0. The minimum Gasteiger partial charge on any atom is -0.368 e. The number of carbonyl (C=O) groups is 2. The van der Waals surface area contributed by atoms with Crippen molar-refractivity contribution < 1.29 is 14.0 Å². The molecule has 1 aromatic carbocycles. The zero-order valence-corrected chi connectivity index (χ0v) is 14.9. The van der Waals surface area contributed by atoms with Gasteiger partial charge in [0.15, 0.2) is 0 Å². The van der Waals surface area contributed by atoms with Gasteiger partial charge in [0.1, 0.15) is 11.9 Å². The van der Waals surface area contributed by atoms with E-state index in [1.54, 1.807) is 17.0 Å². The van der Waals surface area contributed by atoms with E-state index < -0.39 is 0 Å². The first kappa shape index (κ1) is 17.7. The molecular formula is C19H26FN3O2. The zero-order valence-electron chi connectivity index (χ0n) is 14.9. The Hall–Kier alpha value is -2.11. The van der Waals surface area contributed by atoms with Crippen molar-refractivity contribution >= 4 is 17.5 Å². The Bertz CT molecular complexity index is 626. The highest BCUT2D eigenvalue weighted by atomic mass is 19.1. The van der Waals surface area contributed by atoms with E-state index in [1.807, 2.05) is 18.7 Å². The molecule has 2 fully saturated rings. The molecule has 6 heteroatoms. The van der Waals surface area contributed by atoms with E-state index >= 15 is 0 Å². The van der Waals surface area contributed by atoms with Gasteiger partial charge in [-0.05, 0) is 44.0 Å². The van der Waals surface area contributed by atoms with E-state index in [1.165, 1.54) is 12.1 Å². The molecule has 0 saturated carbocycles. The molecule has 2 saturated heterocycles. The number of halogens is 1. The van der Waals surface area contributed by atoms with Crippen LogP contribution >= 0.6 is 0 Å². The van der Waals surface area contributed by atoms with E-state index in [-0.39, 0.29) is 29.7 Å². The maximum absolute atomic E-state index is 13.1. The molecule has 0 aromatic heterocycles. The Morgan fingerprint density at radius 3 is 2.44 bits per heavy atom. The Labute approximate surface area is 148 Å².